The SMILES string of the molecule is c1ccc(-c2ccc(N(c3ccc4ccccc4c3)c3ccc4c(c3)oc3c(-c5ccccc5-c5ccccc5)c5c(cc34)oc3ccccc35)cc2)cc1. The summed E-state index contributed by atoms with van der Waals surface area (Å²) in [6, 6.07) is 70.8. The van der Waals surface area contributed by atoms with Crippen LogP contribution in [0.3, 0.4) is 0 Å². The Bertz CT molecular complexity index is 3190. The molecule has 258 valence electrons. The van der Waals surface area contributed by atoms with Gasteiger partial charge in [0.15, 0.2) is 0 Å². The lowest BCUT2D eigenvalue weighted by atomic mass is 9.90. The second-order valence-electron chi connectivity index (χ2n) is 14.1. The molecule has 3 heteroatoms. The maximum atomic E-state index is 7.10. The van der Waals surface area contributed by atoms with Crippen molar-refractivity contribution in [2.24, 2.45) is 0 Å². The highest BCUT2D eigenvalue weighted by atomic mass is 16.3. The maximum Gasteiger partial charge on any atom is 0.144 e. The summed E-state index contributed by atoms with van der Waals surface area (Å²) in [7, 11) is 0. The Kier molecular flexibility index (Phi) is 7.17. The van der Waals surface area contributed by atoms with Crippen LogP contribution in [0.2, 0.25) is 0 Å². The molecule has 0 spiro atoms. The van der Waals surface area contributed by atoms with Gasteiger partial charge in [-0.25, -0.2) is 0 Å². The predicted molar refractivity (Wildman–Crippen MR) is 229 cm³/mol. The lowest BCUT2D eigenvalue weighted by molar-refractivity contribution is 0.664. The molecule has 11 rings (SSSR count). The van der Waals surface area contributed by atoms with Crippen molar-refractivity contribution in [2.75, 3.05) is 4.90 Å². The normalized spacial score (nSPS) is 11.6. The van der Waals surface area contributed by atoms with E-state index in [1.807, 2.05) is 12.1 Å². The van der Waals surface area contributed by atoms with Gasteiger partial charge >= 0.3 is 0 Å². The first kappa shape index (κ1) is 31.2. The monoisotopic (exact) mass is 703 g/mol. The molecule has 0 aliphatic rings. The van der Waals surface area contributed by atoms with E-state index in [-0.39, 0.29) is 0 Å². The van der Waals surface area contributed by atoms with Gasteiger partial charge in [-0.15, -0.1) is 0 Å². The van der Waals surface area contributed by atoms with Gasteiger partial charge in [-0.05, 0) is 87.1 Å². The Morgan fingerprint density at radius 1 is 0.327 bits per heavy atom. The molecule has 0 aliphatic carbocycles. The minimum Gasteiger partial charge on any atom is -0.456 e. The van der Waals surface area contributed by atoms with Crippen LogP contribution in [0.5, 0.6) is 0 Å². The molecule has 3 nitrogen and oxygen atoms in total. The smallest absolute Gasteiger partial charge is 0.144 e. The first-order valence-electron chi connectivity index (χ1n) is 18.7. The van der Waals surface area contributed by atoms with E-state index in [1.54, 1.807) is 0 Å². The molecule has 0 atom stereocenters. The first-order chi connectivity index (χ1) is 27.3. The second-order valence-corrected chi connectivity index (χ2v) is 14.1. The Labute approximate surface area is 317 Å². The number of fused-ring (bicyclic) bond motifs is 7. The molecule has 0 amide bonds. The van der Waals surface area contributed by atoms with E-state index in [9.17, 15) is 0 Å². The van der Waals surface area contributed by atoms with E-state index in [0.29, 0.717) is 0 Å². The average molecular weight is 704 g/mol. The third-order valence-corrected chi connectivity index (χ3v) is 10.9. The van der Waals surface area contributed by atoms with Gasteiger partial charge in [0, 0.05) is 50.2 Å². The fraction of sp³-hybridized carbons (Fsp3) is 0. The van der Waals surface area contributed by atoms with Crippen LogP contribution in [0.4, 0.5) is 17.1 Å². The van der Waals surface area contributed by atoms with Crippen molar-refractivity contribution in [3.63, 3.8) is 0 Å². The zero-order valence-electron chi connectivity index (χ0n) is 29.8. The van der Waals surface area contributed by atoms with Crippen molar-refractivity contribution in [1.29, 1.82) is 0 Å². The molecule has 0 radical (unpaired) electrons. The number of hydrogen-bond donors (Lipinski definition) is 0. The van der Waals surface area contributed by atoms with Gasteiger partial charge in [0.25, 0.3) is 0 Å². The lowest BCUT2D eigenvalue weighted by Crippen LogP contribution is -2.09. The minimum atomic E-state index is 0.814. The number of anilines is 3. The summed E-state index contributed by atoms with van der Waals surface area (Å²) < 4.78 is 13.7. The standard InChI is InChI=1S/C52H33NO2/c1-3-13-34(14-4-1)36-23-26-39(27-24-36)53(40-28-25-35-15-7-8-18-38(35)31-40)41-29-30-43-46-33-49-50(45-21-11-12-22-47(45)54-49)51(52(46)55-48(43)32-41)44-20-10-9-19-42(44)37-16-5-2-6-17-37/h1-33H. The van der Waals surface area contributed by atoms with Crippen molar-refractivity contribution < 1.29 is 8.83 Å². The van der Waals surface area contributed by atoms with Crippen LogP contribution in [-0.4, -0.2) is 0 Å². The Hall–Kier alpha value is -7.36. The molecule has 0 bridgehead atoms. The topological polar surface area (TPSA) is 29.5 Å². The number of nitrogens with zero attached hydrogens (tertiary/aromatic N) is 1. The number of para-hydroxylation sites is 1. The van der Waals surface area contributed by atoms with Gasteiger partial charge in [0.1, 0.15) is 22.3 Å². The third-order valence-electron chi connectivity index (χ3n) is 10.9. The second kappa shape index (κ2) is 12.6. The molecule has 2 heterocycles. The molecule has 0 saturated heterocycles. The van der Waals surface area contributed by atoms with Gasteiger partial charge in [0.2, 0.25) is 0 Å². The summed E-state index contributed by atoms with van der Waals surface area (Å²) in [5.41, 5.74) is 13.3. The maximum absolute atomic E-state index is 7.10. The van der Waals surface area contributed by atoms with Gasteiger partial charge in [-0.3, -0.25) is 0 Å². The number of benzene rings is 9. The van der Waals surface area contributed by atoms with Crippen LogP contribution in [0, 0.1) is 0 Å². The predicted octanol–water partition coefficient (Wildman–Crippen LogP) is 15.1. The Balaban J connectivity index is 1.15. The fourth-order valence-corrected chi connectivity index (χ4v) is 8.27. The van der Waals surface area contributed by atoms with Crippen LogP contribution < -0.4 is 4.90 Å². The minimum absolute atomic E-state index is 0.814. The van der Waals surface area contributed by atoms with Crippen molar-refractivity contribution in [2.45, 2.75) is 0 Å². The van der Waals surface area contributed by atoms with E-state index in [2.05, 4.69) is 193 Å². The van der Waals surface area contributed by atoms with Crippen molar-refractivity contribution in [3.8, 4) is 33.4 Å². The molecular weight excluding hydrogens is 671 g/mol. The van der Waals surface area contributed by atoms with Crippen LogP contribution >= 0.6 is 0 Å². The summed E-state index contributed by atoms with van der Waals surface area (Å²) in [6.07, 6.45) is 0. The van der Waals surface area contributed by atoms with Crippen LogP contribution in [0.15, 0.2) is 209 Å². The number of rotatable bonds is 6. The highest BCUT2D eigenvalue weighted by molar-refractivity contribution is 6.24. The summed E-state index contributed by atoms with van der Waals surface area (Å²) >= 11 is 0. The summed E-state index contributed by atoms with van der Waals surface area (Å²) in [5, 5.41) is 6.58. The third kappa shape index (κ3) is 5.20. The average Bonchev–Trinajstić information content (AvgIpc) is 3.81. The molecule has 0 saturated carbocycles. The first-order valence-corrected chi connectivity index (χ1v) is 18.7. The summed E-state index contributed by atoms with van der Waals surface area (Å²) in [6.45, 7) is 0. The van der Waals surface area contributed by atoms with Crippen LogP contribution in [-0.2, 0) is 0 Å². The number of furan rings is 2. The molecule has 11 aromatic rings. The Morgan fingerprint density at radius 3 is 1.76 bits per heavy atom. The van der Waals surface area contributed by atoms with Crippen molar-refractivity contribution in [3.05, 3.63) is 200 Å². The zero-order valence-corrected chi connectivity index (χ0v) is 29.8. The zero-order chi connectivity index (χ0) is 36.3. The van der Waals surface area contributed by atoms with Crippen molar-refractivity contribution in [1.82, 2.24) is 0 Å². The van der Waals surface area contributed by atoms with Gasteiger partial charge < -0.3 is 13.7 Å². The van der Waals surface area contributed by atoms with Gasteiger partial charge in [-0.2, -0.15) is 0 Å². The van der Waals surface area contributed by atoms with Crippen LogP contribution in [0.25, 0.3) is 88.0 Å². The van der Waals surface area contributed by atoms with E-state index in [0.717, 1.165) is 83.2 Å². The highest BCUT2D eigenvalue weighted by Crippen LogP contribution is 2.48. The highest BCUT2D eigenvalue weighted by Gasteiger charge is 2.24. The summed E-state index contributed by atoms with van der Waals surface area (Å²) in [4.78, 5) is 2.32. The lowest BCUT2D eigenvalue weighted by Gasteiger charge is -2.26. The Morgan fingerprint density at radius 2 is 0.945 bits per heavy atom. The quantitative estimate of drug-likeness (QED) is 0.173. The molecule has 0 unspecified atom stereocenters. The molecular formula is C52H33NO2. The van der Waals surface area contributed by atoms with E-state index in [1.165, 1.54) is 21.9 Å². The fourth-order valence-electron chi connectivity index (χ4n) is 8.27. The molecule has 2 aromatic heterocycles. The molecule has 9 aromatic carbocycles. The molecule has 55 heavy (non-hydrogen) atoms. The van der Waals surface area contributed by atoms with E-state index < -0.39 is 0 Å². The van der Waals surface area contributed by atoms with Crippen LogP contribution in [0.1, 0.15) is 0 Å². The van der Waals surface area contributed by atoms with Gasteiger partial charge in [0.05, 0.1) is 0 Å². The van der Waals surface area contributed by atoms with Gasteiger partial charge in [-0.1, -0.05) is 146 Å². The summed E-state index contributed by atoms with van der Waals surface area (Å²) in [5.74, 6) is 0. The van der Waals surface area contributed by atoms with E-state index >= 15 is 0 Å². The number of hydrogen-bond acceptors (Lipinski definition) is 3. The molecule has 0 N–H and O–H groups in total. The molecule has 0 fully saturated rings. The van der Waals surface area contributed by atoms with E-state index in [4.69, 9.17) is 8.83 Å². The molecule has 0 aliphatic heterocycles. The largest absolute Gasteiger partial charge is 0.456 e. The van der Waals surface area contributed by atoms with Crippen molar-refractivity contribution >= 4 is 71.7 Å².